The molecule has 0 saturated heterocycles. The van der Waals surface area contributed by atoms with Crippen LogP contribution in [-0.2, 0) is 11.3 Å². The largest absolute Gasteiger partial charge is 0.280 e. The zero-order valence-electron chi connectivity index (χ0n) is 10.9. The van der Waals surface area contributed by atoms with Gasteiger partial charge < -0.3 is 0 Å². The van der Waals surface area contributed by atoms with Gasteiger partial charge >= 0.3 is 0 Å². The molecule has 2 nitrogen and oxygen atoms in total. The summed E-state index contributed by atoms with van der Waals surface area (Å²) in [5, 5.41) is 0. The third kappa shape index (κ3) is 4.87. The van der Waals surface area contributed by atoms with E-state index in [0.717, 1.165) is 12.8 Å². The van der Waals surface area contributed by atoms with Crippen LogP contribution in [-0.4, -0.2) is 7.11 Å². The molecule has 1 rings (SSSR count). The SMILES string of the molecule is CC/C=C(Cc1ccccc1)\C(C)=C/NOC. The van der Waals surface area contributed by atoms with Crippen LogP contribution >= 0.6 is 0 Å². The van der Waals surface area contributed by atoms with Crippen molar-refractivity contribution in [2.75, 3.05) is 7.11 Å². The van der Waals surface area contributed by atoms with Crippen LogP contribution in [0.4, 0.5) is 0 Å². The third-order valence-electron chi connectivity index (χ3n) is 2.59. The summed E-state index contributed by atoms with van der Waals surface area (Å²) in [5.74, 6) is 0. The summed E-state index contributed by atoms with van der Waals surface area (Å²) >= 11 is 0. The standard InChI is InChI=1S/C15H21NO/c1-4-8-15(13(2)12-16-17-3)11-14-9-6-5-7-10-14/h5-10,12,16H,4,11H2,1-3H3/b13-12-,15-8-. The molecular formula is C15H21NO. The minimum Gasteiger partial charge on any atom is -0.280 e. The Morgan fingerprint density at radius 2 is 2.00 bits per heavy atom. The van der Waals surface area contributed by atoms with Crippen molar-refractivity contribution in [1.82, 2.24) is 5.48 Å². The van der Waals surface area contributed by atoms with E-state index in [1.165, 1.54) is 16.7 Å². The van der Waals surface area contributed by atoms with Crippen molar-refractivity contribution in [1.29, 1.82) is 0 Å². The molecule has 0 aromatic heterocycles. The Bertz CT molecular complexity index is 379. The molecule has 0 spiro atoms. The normalized spacial score (nSPS) is 12.6. The van der Waals surface area contributed by atoms with E-state index in [9.17, 15) is 0 Å². The summed E-state index contributed by atoms with van der Waals surface area (Å²) in [6.45, 7) is 4.25. The summed E-state index contributed by atoms with van der Waals surface area (Å²) in [4.78, 5) is 4.84. The maximum atomic E-state index is 4.84. The van der Waals surface area contributed by atoms with Gasteiger partial charge in [0, 0.05) is 6.20 Å². The first-order chi connectivity index (χ1) is 8.27. The molecule has 0 heterocycles. The molecule has 0 aliphatic rings. The summed E-state index contributed by atoms with van der Waals surface area (Å²) in [5.41, 5.74) is 6.64. The molecule has 0 fully saturated rings. The van der Waals surface area contributed by atoms with Gasteiger partial charge in [0.2, 0.25) is 0 Å². The van der Waals surface area contributed by atoms with Crippen molar-refractivity contribution in [2.24, 2.45) is 0 Å². The van der Waals surface area contributed by atoms with Crippen LogP contribution in [0.15, 0.2) is 53.8 Å². The van der Waals surface area contributed by atoms with Gasteiger partial charge in [-0.25, -0.2) is 0 Å². The second-order valence-corrected chi connectivity index (χ2v) is 3.95. The van der Waals surface area contributed by atoms with E-state index in [0.29, 0.717) is 0 Å². The molecule has 0 radical (unpaired) electrons. The van der Waals surface area contributed by atoms with Crippen molar-refractivity contribution in [3.8, 4) is 0 Å². The van der Waals surface area contributed by atoms with Crippen LogP contribution in [0, 0.1) is 0 Å². The number of rotatable bonds is 6. The second-order valence-electron chi connectivity index (χ2n) is 3.95. The maximum absolute atomic E-state index is 4.84. The fourth-order valence-corrected chi connectivity index (χ4v) is 1.67. The first-order valence-electron chi connectivity index (χ1n) is 5.96. The quantitative estimate of drug-likeness (QED) is 0.596. The number of hydroxylamine groups is 1. The molecule has 0 unspecified atom stereocenters. The molecular weight excluding hydrogens is 210 g/mol. The monoisotopic (exact) mass is 231 g/mol. The highest BCUT2D eigenvalue weighted by Crippen LogP contribution is 2.16. The molecule has 1 aromatic rings. The van der Waals surface area contributed by atoms with Crippen LogP contribution < -0.4 is 5.48 Å². The first kappa shape index (κ1) is 13.5. The highest BCUT2D eigenvalue weighted by Gasteiger charge is 2.01. The molecule has 0 amide bonds. The topological polar surface area (TPSA) is 21.3 Å². The van der Waals surface area contributed by atoms with Crippen molar-refractivity contribution in [2.45, 2.75) is 26.7 Å². The van der Waals surface area contributed by atoms with E-state index in [2.05, 4.69) is 49.7 Å². The van der Waals surface area contributed by atoms with Crippen molar-refractivity contribution in [3.05, 3.63) is 59.3 Å². The van der Waals surface area contributed by atoms with E-state index in [4.69, 9.17) is 4.84 Å². The summed E-state index contributed by atoms with van der Waals surface area (Å²) in [7, 11) is 1.62. The lowest BCUT2D eigenvalue weighted by Crippen LogP contribution is -2.04. The predicted octanol–water partition coefficient (Wildman–Crippen LogP) is 3.62. The summed E-state index contributed by atoms with van der Waals surface area (Å²) in [6, 6.07) is 10.5. The molecule has 2 heteroatoms. The Balaban J connectivity index is 2.77. The van der Waals surface area contributed by atoms with Gasteiger partial charge in [-0.3, -0.25) is 10.3 Å². The fraction of sp³-hybridized carbons (Fsp3) is 0.333. The van der Waals surface area contributed by atoms with E-state index in [-0.39, 0.29) is 0 Å². The summed E-state index contributed by atoms with van der Waals surface area (Å²) in [6.07, 6.45) is 6.16. The molecule has 1 aromatic carbocycles. The van der Waals surface area contributed by atoms with Gasteiger partial charge in [-0.05, 0) is 36.5 Å². The lowest BCUT2D eigenvalue weighted by Gasteiger charge is -2.09. The van der Waals surface area contributed by atoms with Crippen LogP contribution in [0.1, 0.15) is 25.8 Å². The highest BCUT2D eigenvalue weighted by atomic mass is 16.6. The number of hydrogen-bond acceptors (Lipinski definition) is 2. The molecule has 0 atom stereocenters. The first-order valence-corrected chi connectivity index (χ1v) is 5.96. The average Bonchev–Trinajstić information content (AvgIpc) is 2.36. The average molecular weight is 231 g/mol. The molecule has 0 bridgehead atoms. The van der Waals surface area contributed by atoms with Gasteiger partial charge in [-0.15, -0.1) is 0 Å². The minimum atomic E-state index is 0.961. The van der Waals surface area contributed by atoms with Crippen molar-refractivity contribution >= 4 is 0 Å². The molecule has 0 aliphatic carbocycles. The minimum absolute atomic E-state index is 0.961. The zero-order chi connectivity index (χ0) is 12.5. The second kappa shape index (κ2) is 7.69. The Labute approximate surface area is 104 Å². The predicted molar refractivity (Wildman–Crippen MR) is 72.4 cm³/mol. The molecule has 0 saturated carbocycles. The van der Waals surface area contributed by atoms with E-state index < -0.39 is 0 Å². The lowest BCUT2D eigenvalue weighted by molar-refractivity contribution is 0.128. The fourth-order valence-electron chi connectivity index (χ4n) is 1.67. The number of hydrogen-bond donors (Lipinski definition) is 1. The van der Waals surface area contributed by atoms with Gasteiger partial charge in [-0.1, -0.05) is 43.3 Å². The van der Waals surface area contributed by atoms with E-state index in [1.54, 1.807) is 7.11 Å². The van der Waals surface area contributed by atoms with Gasteiger partial charge in [-0.2, -0.15) is 0 Å². The zero-order valence-corrected chi connectivity index (χ0v) is 10.9. The Morgan fingerprint density at radius 3 is 2.59 bits per heavy atom. The smallest absolute Gasteiger partial charge is 0.0636 e. The molecule has 1 N–H and O–H groups in total. The van der Waals surface area contributed by atoms with Gasteiger partial charge in [0.05, 0.1) is 7.11 Å². The Morgan fingerprint density at radius 1 is 1.29 bits per heavy atom. The van der Waals surface area contributed by atoms with Crippen molar-refractivity contribution in [3.63, 3.8) is 0 Å². The van der Waals surface area contributed by atoms with Crippen LogP contribution in [0.25, 0.3) is 0 Å². The van der Waals surface area contributed by atoms with E-state index in [1.807, 2.05) is 12.3 Å². The number of allylic oxidation sites excluding steroid dienone is 3. The Kier molecular flexibility index (Phi) is 6.12. The number of benzene rings is 1. The molecule has 17 heavy (non-hydrogen) atoms. The van der Waals surface area contributed by atoms with Crippen LogP contribution in [0.2, 0.25) is 0 Å². The molecule has 92 valence electrons. The van der Waals surface area contributed by atoms with Gasteiger partial charge in [0.25, 0.3) is 0 Å². The van der Waals surface area contributed by atoms with Gasteiger partial charge in [0.15, 0.2) is 0 Å². The maximum Gasteiger partial charge on any atom is 0.0636 e. The Hall–Kier alpha value is -1.54. The van der Waals surface area contributed by atoms with Crippen LogP contribution in [0.5, 0.6) is 0 Å². The lowest BCUT2D eigenvalue weighted by atomic mass is 9.99. The van der Waals surface area contributed by atoms with Crippen molar-refractivity contribution < 1.29 is 4.84 Å². The van der Waals surface area contributed by atoms with Gasteiger partial charge in [0.1, 0.15) is 0 Å². The molecule has 0 aliphatic heterocycles. The van der Waals surface area contributed by atoms with E-state index >= 15 is 0 Å². The van der Waals surface area contributed by atoms with Crippen LogP contribution in [0.3, 0.4) is 0 Å². The highest BCUT2D eigenvalue weighted by molar-refractivity contribution is 5.34. The third-order valence-corrected chi connectivity index (χ3v) is 2.59. The number of nitrogens with one attached hydrogen (secondary N) is 1. The summed E-state index contributed by atoms with van der Waals surface area (Å²) < 4.78 is 0.